The van der Waals surface area contributed by atoms with E-state index in [2.05, 4.69) is 21.2 Å². The second kappa shape index (κ2) is 8.68. The van der Waals surface area contributed by atoms with E-state index in [-0.39, 0.29) is 38.8 Å². The molecule has 3 aromatic rings. The number of nitrogens with one attached hydrogen (secondary N) is 1. The number of hydrogen-bond donors (Lipinski definition) is 2. The highest BCUT2D eigenvalue weighted by molar-refractivity contribution is 14.1. The van der Waals surface area contributed by atoms with E-state index >= 15 is 0 Å². The number of amides is 1. The Balaban J connectivity index is 2.00. The number of nitrogen functional groups attached to an aromatic ring is 1. The molecule has 1 aromatic carbocycles. The van der Waals surface area contributed by atoms with E-state index in [0.717, 1.165) is 18.3 Å². The molecule has 11 heteroatoms. The lowest BCUT2D eigenvalue weighted by atomic mass is 9.99. The lowest BCUT2D eigenvalue weighted by molar-refractivity contribution is -0.141. The van der Waals surface area contributed by atoms with Gasteiger partial charge in [-0.15, -0.1) is 6.42 Å². The maximum absolute atomic E-state index is 14.9. The predicted octanol–water partition coefficient (Wildman–Crippen LogP) is 5.38. The molecule has 2 aromatic heterocycles. The second-order valence-corrected chi connectivity index (χ2v) is 7.57. The van der Waals surface area contributed by atoms with E-state index in [1.165, 1.54) is 12.3 Å². The van der Waals surface area contributed by atoms with Gasteiger partial charge in [-0.2, -0.15) is 13.2 Å². The van der Waals surface area contributed by atoms with Crippen molar-refractivity contribution in [3.63, 3.8) is 0 Å². The molecule has 0 aliphatic rings. The van der Waals surface area contributed by atoms with E-state index in [4.69, 9.17) is 23.8 Å². The highest BCUT2D eigenvalue weighted by atomic mass is 127. The van der Waals surface area contributed by atoms with Crippen molar-refractivity contribution < 1.29 is 22.4 Å². The molecule has 0 unspecified atom stereocenters. The van der Waals surface area contributed by atoms with Gasteiger partial charge in [-0.05, 0) is 46.9 Å². The Morgan fingerprint density at radius 3 is 2.61 bits per heavy atom. The van der Waals surface area contributed by atoms with Crippen LogP contribution >= 0.6 is 34.2 Å². The van der Waals surface area contributed by atoms with Crippen LogP contribution in [0.1, 0.15) is 21.6 Å². The maximum Gasteiger partial charge on any atom is 0.433 e. The van der Waals surface area contributed by atoms with Crippen molar-refractivity contribution in [2.45, 2.75) is 6.18 Å². The maximum atomic E-state index is 14.9. The Labute approximate surface area is 192 Å². The highest BCUT2D eigenvalue weighted by Crippen LogP contribution is 2.36. The van der Waals surface area contributed by atoms with E-state index in [0.29, 0.717) is 9.64 Å². The molecule has 0 saturated carbocycles. The van der Waals surface area contributed by atoms with Crippen LogP contribution in [0.25, 0.3) is 11.1 Å². The summed E-state index contributed by atoms with van der Waals surface area (Å²) in [5, 5.41) is 2.10. The molecule has 0 aliphatic carbocycles. The number of pyridine rings is 2. The molecule has 31 heavy (non-hydrogen) atoms. The van der Waals surface area contributed by atoms with Gasteiger partial charge in [0.25, 0.3) is 5.91 Å². The minimum Gasteiger partial charge on any atom is -0.383 e. The number of aromatic nitrogens is 2. The van der Waals surface area contributed by atoms with Crippen LogP contribution in [-0.2, 0) is 6.18 Å². The third-order valence-corrected chi connectivity index (χ3v) is 5.49. The van der Waals surface area contributed by atoms with E-state index < -0.39 is 23.6 Å². The van der Waals surface area contributed by atoms with Crippen LogP contribution in [0.3, 0.4) is 0 Å². The number of nitrogens with two attached hydrogens (primary N) is 1. The summed E-state index contributed by atoms with van der Waals surface area (Å²) < 4.78 is 53.7. The quantitative estimate of drug-likeness (QED) is 0.256. The molecule has 1 amide bonds. The Bertz CT molecular complexity index is 1240. The third kappa shape index (κ3) is 4.72. The van der Waals surface area contributed by atoms with Crippen molar-refractivity contribution >= 4 is 51.6 Å². The van der Waals surface area contributed by atoms with Crippen LogP contribution in [0.4, 0.5) is 29.1 Å². The summed E-state index contributed by atoms with van der Waals surface area (Å²) in [5.41, 5.74) is 4.67. The molecule has 0 atom stereocenters. The van der Waals surface area contributed by atoms with Gasteiger partial charge >= 0.3 is 6.18 Å². The minimum atomic E-state index is -4.69. The van der Waals surface area contributed by atoms with Gasteiger partial charge in [0.05, 0.1) is 19.7 Å². The average Bonchev–Trinajstić information content (AvgIpc) is 2.71. The first-order valence-electron chi connectivity index (χ1n) is 8.27. The minimum absolute atomic E-state index is 0.00345. The van der Waals surface area contributed by atoms with Crippen molar-refractivity contribution in [3.05, 3.63) is 67.9 Å². The molecule has 0 spiro atoms. The molecule has 0 bridgehead atoms. The molecule has 3 rings (SSSR count). The smallest absolute Gasteiger partial charge is 0.383 e. The van der Waals surface area contributed by atoms with Gasteiger partial charge in [0, 0.05) is 29.2 Å². The Morgan fingerprint density at radius 2 is 1.97 bits per heavy atom. The van der Waals surface area contributed by atoms with Crippen LogP contribution < -0.4 is 11.1 Å². The number of hydrogen-bond acceptors (Lipinski definition) is 4. The molecular formula is C20H10ClF4IN4O. The topological polar surface area (TPSA) is 80.9 Å². The van der Waals surface area contributed by atoms with Crippen LogP contribution in [0.5, 0.6) is 0 Å². The monoisotopic (exact) mass is 560 g/mol. The zero-order valence-electron chi connectivity index (χ0n) is 15.2. The summed E-state index contributed by atoms with van der Waals surface area (Å²) in [6.07, 6.45) is 2.97. The first kappa shape index (κ1) is 22.8. The zero-order chi connectivity index (χ0) is 22.9. The number of carbonyl (C=O) groups excluding carboxylic acids is 1. The SMILES string of the molecule is C#Cc1cnc(N)c(I)c1-c1cc(Cl)c(C(=O)Nc2ccnc(C(F)(F)F)c2)cc1F. The first-order chi connectivity index (χ1) is 14.5. The van der Waals surface area contributed by atoms with Gasteiger partial charge in [0.1, 0.15) is 17.3 Å². The fourth-order valence-corrected chi connectivity index (χ4v) is 3.62. The molecule has 5 nitrogen and oxygen atoms in total. The standard InChI is InChI=1S/C20H10ClF4IN4O/c1-2-9-8-29-18(27)17(26)16(9)12-6-13(21)11(7-14(12)22)19(31)30-10-3-4-28-15(5-10)20(23,24)25/h1,3-8H,(H2,27,29)(H,28,30,31). The first-order valence-corrected chi connectivity index (χ1v) is 9.73. The van der Waals surface area contributed by atoms with Gasteiger partial charge < -0.3 is 11.1 Å². The van der Waals surface area contributed by atoms with Crippen LogP contribution in [0.15, 0.2) is 36.7 Å². The summed E-state index contributed by atoms with van der Waals surface area (Å²) >= 11 is 8.05. The number of terminal acetylenes is 1. The van der Waals surface area contributed by atoms with Crippen LogP contribution in [0.2, 0.25) is 5.02 Å². The summed E-state index contributed by atoms with van der Waals surface area (Å²) in [7, 11) is 0. The number of halogens is 6. The second-order valence-electron chi connectivity index (χ2n) is 6.08. The fourth-order valence-electron chi connectivity index (χ4n) is 2.65. The molecule has 3 N–H and O–H groups in total. The van der Waals surface area contributed by atoms with E-state index in [9.17, 15) is 22.4 Å². The van der Waals surface area contributed by atoms with E-state index in [1.54, 1.807) is 0 Å². The molecular weight excluding hydrogens is 551 g/mol. The summed E-state index contributed by atoms with van der Waals surface area (Å²) in [5.74, 6) is 0.777. The molecule has 2 heterocycles. The van der Waals surface area contributed by atoms with Crippen molar-refractivity contribution in [1.82, 2.24) is 9.97 Å². The summed E-state index contributed by atoms with van der Waals surface area (Å²) in [6.45, 7) is 0. The molecule has 0 fully saturated rings. The van der Waals surface area contributed by atoms with Gasteiger partial charge in [-0.1, -0.05) is 17.5 Å². The number of anilines is 2. The third-order valence-electron chi connectivity index (χ3n) is 4.08. The number of rotatable bonds is 3. The normalized spacial score (nSPS) is 11.1. The van der Waals surface area contributed by atoms with Crippen LogP contribution in [0, 0.1) is 21.7 Å². The van der Waals surface area contributed by atoms with Crippen molar-refractivity contribution in [2.24, 2.45) is 0 Å². The molecule has 158 valence electrons. The molecule has 0 saturated heterocycles. The Hall–Kier alpha value is -2.91. The average molecular weight is 561 g/mol. The van der Waals surface area contributed by atoms with Crippen molar-refractivity contribution in [1.29, 1.82) is 0 Å². The lowest BCUT2D eigenvalue weighted by Gasteiger charge is -2.14. The molecule has 0 radical (unpaired) electrons. The fraction of sp³-hybridized carbons (Fsp3) is 0.0500. The number of benzene rings is 1. The van der Waals surface area contributed by atoms with Crippen molar-refractivity contribution in [3.8, 4) is 23.5 Å². The van der Waals surface area contributed by atoms with Gasteiger partial charge in [0.15, 0.2) is 0 Å². The Morgan fingerprint density at radius 1 is 1.26 bits per heavy atom. The summed E-state index contributed by atoms with van der Waals surface area (Å²) in [4.78, 5) is 19.6. The van der Waals surface area contributed by atoms with E-state index in [1.807, 2.05) is 22.6 Å². The molecule has 0 aliphatic heterocycles. The lowest BCUT2D eigenvalue weighted by Crippen LogP contribution is -2.15. The van der Waals surface area contributed by atoms with Gasteiger partial charge in [0.2, 0.25) is 0 Å². The number of alkyl halides is 3. The largest absolute Gasteiger partial charge is 0.433 e. The Kier molecular flexibility index (Phi) is 6.38. The zero-order valence-corrected chi connectivity index (χ0v) is 18.1. The van der Waals surface area contributed by atoms with Crippen LogP contribution in [-0.4, -0.2) is 15.9 Å². The van der Waals surface area contributed by atoms with Gasteiger partial charge in [-0.25, -0.2) is 9.37 Å². The van der Waals surface area contributed by atoms with Gasteiger partial charge in [-0.3, -0.25) is 9.78 Å². The predicted molar refractivity (Wildman–Crippen MR) is 117 cm³/mol. The van der Waals surface area contributed by atoms with Crippen molar-refractivity contribution in [2.75, 3.05) is 11.1 Å². The number of carbonyl (C=O) groups is 1. The summed E-state index contributed by atoms with van der Waals surface area (Å²) in [6, 6.07) is 3.87. The highest BCUT2D eigenvalue weighted by Gasteiger charge is 2.32. The number of nitrogens with zero attached hydrogens (tertiary/aromatic N) is 2.